The van der Waals surface area contributed by atoms with Crippen molar-refractivity contribution in [2.24, 2.45) is 0 Å². The highest BCUT2D eigenvalue weighted by molar-refractivity contribution is 6.37. The molecule has 0 aromatic carbocycles. The van der Waals surface area contributed by atoms with Crippen LogP contribution >= 0.6 is 0 Å². The molecule has 0 aliphatic carbocycles. The zero-order chi connectivity index (χ0) is 8.43. The minimum absolute atomic E-state index is 0.219. The van der Waals surface area contributed by atoms with Gasteiger partial charge in [-0.2, -0.15) is 0 Å². The molecule has 3 heteroatoms. The Labute approximate surface area is 67.3 Å². The number of esters is 1. The first-order valence-electron chi connectivity index (χ1n) is 3.57. The Kier molecular flexibility index (Phi) is 2.18. The van der Waals surface area contributed by atoms with Crippen LogP contribution in [0.4, 0.5) is 0 Å². The van der Waals surface area contributed by atoms with Crippen LogP contribution in [-0.4, -0.2) is 13.8 Å². The highest BCUT2D eigenvalue weighted by Gasteiger charge is 2.22. The number of rotatable bonds is 2. The van der Waals surface area contributed by atoms with Crippen molar-refractivity contribution in [1.82, 2.24) is 0 Å². The van der Waals surface area contributed by atoms with Gasteiger partial charge in [0, 0.05) is 0 Å². The number of hydrogen-bond donors (Lipinski definition) is 0. The summed E-state index contributed by atoms with van der Waals surface area (Å²) in [6.07, 6.45) is 1.70. The van der Waals surface area contributed by atoms with Crippen molar-refractivity contribution in [3.05, 3.63) is 23.4 Å². The van der Waals surface area contributed by atoms with Gasteiger partial charge in [0.15, 0.2) is 0 Å². The zero-order valence-corrected chi connectivity index (χ0v) is 6.52. The van der Waals surface area contributed by atoms with Crippen molar-refractivity contribution in [1.29, 1.82) is 0 Å². The van der Waals surface area contributed by atoms with E-state index in [4.69, 9.17) is 12.6 Å². The molecule has 0 spiro atoms. The summed E-state index contributed by atoms with van der Waals surface area (Å²) in [6.45, 7) is 5.58. The Hall–Kier alpha value is -0.985. The van der Waals surface area contributed by atoms with E-state index in [1.54, 1.807) is 0 Å². The monoisotopic (exact) mass is 148 g/mol. The lowest BCUT2D eigenvalue weighted by Gasteiger charge is -1.98. The van der Waals surface area contributed by atoms with Gasteiger partial charge in [-0.05, 0) is 17.5 Å². The predicted octanol–water partition coefficient (Wildman–Crippen LogP) is 1.28. The summed E-state index contributed by atoms with van der Waals surface area (Å²) in [5, 5.41) is 0. The smallest absolute Gasteiger partial charge is 0.329 e. The Morgan fingerprint density at radius 1 is 1.64 bits per heavy atom. The SMILES string of the molecule is [B]C1=C(CCC)C(=C)OC1=O. The van der Waals surface area contributed by atoms with Crippen LogP contribution in [0.25, 0.3) is 0 Å². The van der Waals surface area contributed by atoms with Crippen LogP contribution in [0.1, 0.15) is 19.8 Å². The van der Waals surface area contributed by atoms with Crippen LogP contribution in [0.15, 0.2) is 23.4 Å². The summed E-state index contributed by atoms with van der Waals surface area (Å²) in [4.78, 5) is 10.8. The summed E-state index contributed by atoms with van der Waals surface area (Å²) >= 11 is 0. The van der Waals surface area contributed by atoms with Crippen molar-refractivity contribution < 1.29 is 9.53 Å². The van der Waals surface area contributed by atoms with Crippen LogP contribution < -0.4 is 0 Å². The summed E-state index contributed by atoms with van der Waals surface area (Å²) in [5.74, 6) is -0.0483. The van der Waals surface area contributed by atoms with Gasteiger partial charge in [0.25, 0.3) is 0 Å². The maximum Gasteiger partial charge on any atom is 0.329 e. The molecule has 56 valence electrons. The first kappa shape index (κ1) is 8.11. The van der Waals surface area contributed by atoms with Gasteiger partial charge >= 0.3 is 5.97 Å². The molecule has 1 rings (SSSR count). The molecule has 11 heavy (non-hydrogen) atoms. The third-order valence-electron chi connectivity index (χ3n) is 1.60. The van der Waals surface area contributed by atoms with Crippen molar-refractivity contribution in [2.75, 3.05) is 0 Å². The minimum Gasteiger partial charge on any atom is -0.424 e. The molecule has 0 aromatic heterocycles. The second kappa shape index (κ2) is 2.95. The molecule has 0 saturated heterocycles. The van der Waals surface area contributed by atoms with E-state index in [2.05, 4.69) is 6.58 Å². The molecular weight excluding hydrogens is 139 g/mol. The van der Waals surface area contributed by atoms with E-state index >= 15 is 0 Å². The Morgan fingerprint density at radius 3 is 2.64 bits per heavy atom. The first-order chi connectivity index (χ1) is 5.16. The quantitative estimate of drug-likeness (QED) is 0.435. The lowest BCUT2D eigenvalue weighted by Crippen LogP contribution is -1.97. The second-order valence-electron chi connectivity index (χ2n) is 2.45. The van der Waals surface area contributed by atoms with Gasteiger partial charge in [-0.25, -0.2) is 4.79 Å². The van der Waals surface area contributed by atoms with Crippen molar-refractivity contribution in [3.63, 3.8) is 0 Å². The van der Waals surface area contributed by atoms with E-state index in [0.29, 0.717) is 5.76 Å². The molecule has 0 saturated carbocycles. The average molecular weight is 148 g/mol. The lowest BCUT2D eigenvalue weighted by atomic mass is 9.89. The number of carbonyl (C=O) groups is 1. The highest BCUT2D eigenvalue weighted by Crippen LogP contribution is 2.26. The lowest BCUT2D eigenvalue weighted by molar-refractivity contribution is -0.132. The van der Waals surface area contributed by atoms with E-state index in [1.807, 2.05) is 6.92 Å². The fraction of sp³-hybridized carbons (Fsp3) is 0.375. The van der Waals surface area contributed by atoms with Crippen LogP contribution in [0.3, 0.4) is 0 Å². The number of allylic oxidation sites excluding steroid dienone is 1. The van der Waals surface area contributed by atoms with E-state index in [1.165, 1.54) is 0 Å². The molecule has 0 fully saturated rings. The maximum atomic E-state index is 10.8. The molecule has 1 aliphatic heterocycles. The molecule has 0 atom stereocenters. The van der Waals surface area contributed by atoms with E-state index in [0.717, 1.165) is 18.4 Å². The molecular formula is C8H9BO2. The first-order valence-corrected chi connectivity index (χ1v) is 3.57. The second-order valence-corrected chi connectivity index (χ2v) is 2.45. The molecule has 1 heterocycles. The predicted molar refractivity (Wildman–Crippen MR) is 42.9 cm³/mol. The van der Waals surface area contributed by atoms with Gasteiger partial charge < -0.3 is 4.74 Å². The van der Waals surface area contributed by atoms with E-state index in [-0.39, 0.29) is 5.47 Å². The molecule has 0 amide bonds. The number of cyclic esters (lactones) is 1. The molecule has 0 unspecified atom stereocenters. The zero-order valence-electron chi connectivity index (χ0n) is 6.52. The molecule has 2 nitrogen and oxygen atoms in total. The molecule has 0 bridgehead atoms. The maximum absolute atomic E-state index is 10.8. The molecule has 0 N–H and O–H groups in total. The summed E-state index contributed by atoms with van der Waals surface area (Å²) in [7, 11) is 5.44. The van der Waals surface area contributed by atoms with Crippen molar-refractivity contribution >= 4 is 13.8 Å². The fourth-order valence-corrected chi connectivity index (χ4v) is 1.03. The summed E-state index contributed by atoms with van der Waals surface area (Å²) in [6, 6.07) is 0. The topological polar surface area (TPSA) is 26.3 Å². The molecule has 2 radical (unpaired) electrons. The van der Waals surface area contributed by atoms with Gasteiger partial charge in [-0.15, -0.1) is 0 Å². The number of hydrogen-bond acceptors (Lipinski definition) is 2. The number of ether oxygens (including phenoxy) is 1. The minimum atomic E-state index is -0.460. The van der Waals surface area contributed by atoms with Gasteiger partial charge in [-0.3, -0.25) is 0 Å². The van der Waals surface area contributed by atoms with Gasteiger partial charge in [0.1, 0.15) is 13.6 Å². The van der Waals surface area contributed by atoms with Crippen LogP contribution in [0.2, 0.25) is 0 Å². The van der Waals surface area contributed by atoms with Crippen molar-refractivity contribution in [2.45, 2.75) is 19.8 Å². The Balaban J connectivity index is 2.87. The standard InChI is InChI=1S/C8H9BO2/c1-3-4-6-5(2)11-8(10)7(6)9/h2-4H2,1H3. The van der Waals surface area contributed by atoms with E-state index < -0.39 is 5.97 Å². The number of carbonyl (C=O) groups excluding carboxylic acids is 1. The average Bonchev–Trinajstić information content (AvgIpc) is 2.17. The van der Waals surface area contributed by atoms with Crippen LogP contribution in [-0.2, 0) is 9.53 Å². The Bertz CT molecular complexity index is 240. The van der Waals surface area contributed by atoms with Gasteiger partial charge in [-0.1, -0.05) is 19.9 Å². The normalized spacial score (nSPS) is 17.5. The summed E-state index contributed by atoms with van der Waals surface area (Å²) < 4.78 is 4.71. The fourth-order valence-electron chi connectivity index (χ4n) is 1.03. The molecule has 0 aromatic rings. The summed E-state index contributed by atoms with van der Waals surface area (Å²) in [5.41, 5.74) is 0.981. The van der Waals surface area contributed by atoms with Crippen molar-refractivity contribution in [3.8, 4) is 0 Å². The highest BCUT2D eigenvalue weighted by atomic mass is 16.5. The van der Waals surface area contributed by atoms with E-state index in [9.17, 15) is 4.79 Å². The van der Waals surface area contributed by atoms with Crippen LogP contribution in [0.5, 0.6) is 0 Å². The molecule has 1 aliphatic rings. The third kappa shape index (κ3) is 1.37. The largest absolute Gasteiger partial charge is 0.424 e. The van der Waals surface area contributed by atoms with Gasteiger partial charge in [0.2, 0.25) is 0 Å². The Morgan fingerprint density at radius 2 is 2.27 bits per heavy atom. The van der Waals surface area contributed by atoms with Gasteiger partial charge in [0.05, 0.1) is 0 Å². The third-order valence-corrected chi connectivity index (χ3v) is 1.60. The van der Waals surface area contributed by atoms with Crippen LogP contribution in [0, 0.1) is 0 Å².